The zero-order chi connectivity index (χ0) is 20.4. The van der Waals surface area contributed by atoms with Crippen molar-refractivity contribution in [2.24, 2.45) is 0 Å². The highest BCUT2D eigenvalue weighted by Crippen LogP contribution is 2.34. The number of aryl methyl sites for hydroxylation is 5. The number of nitrogens with one attached hydrogen (secondary N) is 2. The molecule has 0 atom stereocenters. The molecular formula is C20H22N4O2S2. The smallest absolute Gasteiger partial charge is 0.307 e. The van der Waals surface area contributed by atoms with Crippen LogP contribution in [0.1, 0.15) is 27.4 Å². The Bertz CT molecular complexity index is 1080. The topological polar surface area (TPSA) is 84.0 Å². The Morgan fingerprint density at radius 3 is 2.57 bits per heavy atom. The van der Waals surface area contributed by atoms with Gasteiger partial charge in [-0.2, -0.15) is 0 Å². The summed E-state index contributed by atoms with van der Waals surface area (Å²) in [6, 6.07) is 5.17. The minimum Gasteiger partial charge on any atom is -0.307 e. The van der Waals surface area contributed by atoms with Crippen LogP contribution in [0.5, 0.6) is 0 Å². The number of thiophene rings is 1. The number of imide groups is 1. The number of carbonyl (C=O) groups excluding carboxylic acids is 2. The number of hydrogen-bond donors (Lipinski definition) is 2. The van der Waals surface area contributed by atoms with Crippen molar-refractivity contribution in [3.8, 4) is 0 Å². The Morgan fingerprint density at radius 2 is 1.86 bits per heavy atom. The molecule has 0 aliphatic rings. The molecule has 2 aromatic heterocycles. The van der Waals surface area contributed by atoms with Gasteiger partial charge in [-0.15, -0.1) is 11.3 Å². The van der Waals surface area contributed by atoms with Gasteiger partial charge in [-0.1, -0.05) is 29.5 Å². The van der Waals surface area contributed by atoms with Gasteiger partial charge in [0.05, 0.1) is 5.75 Å². The Balaban J connectivity index is 1.64. The number of fused-ring (bicyclic) bond motifs is 1. The number of anilines is 1. The number of carbonyl (C=O) groups is 2. The first-order chi connectivity index (χ1) is 13.2. The van der Waals surface area contributed by atoms with Gasteiger partial charge in [0.2, 0.25) is 5.91 Å². The average molecular weight is 415 g/mol. The summed E-state index contributed by atoms with van der Waals surface area (Å²) in [4.78, 5) is 35.4. The Hall–Kier alpha value is -2.45. The number of thioether (sulfide) groups is 1. The van der Waals surface area contributed by atoms with Crippen molar-refractivity contribution in [2.45, 2.75) is 39.6 Å². The van der Waals surface area contributed by atoms with Crippen molar-refractivity contribution in [2.75, 3.05) is 11.1 Å². The molecule has 3 amide bonds. The first-order valence-corrected chi connectivity index (χ1v) is 10.6. The maximum absolute atomic E-state index is 12.2. The van der Waals surface area contributed by atoms with Gasteiger partial charge in [0, 0.05) is 16.0 Å². The highest BCUT2D eigenvalue weighted by atomic mass is 32.2. The van der Waals surface area contributed by atoms with E-state index in [0.717, 1.165) is 31.9 Å². The first kappa shape index (κ1) is 20.3. The molecule has 0 saturated heterocycles. The summed E-state index contributed by atoms with van der Waals surface area (Å²) >= 11 is 2.94. The molecular weight excluding hydrogens is 392 g/mol. The van der Waals surface area contributed by atoms with Crippen LogP contribution in [0.25, 0.3) is 10.2 Å². The molecule has 146 valence electrons. The van der Waals surface area contributed by atoms with Crippen LogP contribution in [0.4, 0.5) is 10.5 Å². The zero-order valence-electron chi connectivity index (χ0n) is 16.5. The fourth-order valence-electron chi connectivity index (χ4n) is 2.82. The molecule has 1 aromatic carbocycles. The highest BCUT2D eigenvalue weighted by Gasteiger charge is 2.16. The molecule has 8 heteroatoms. The third-order valence-corrected chi connectivity index (χ3v) is 6.41. The van der Waals surface area contributed by atoms with E-state index in [-0.39, 0.29) is 11.7 Å². The molecule has 0 fully saturated rings. The third kappa shape index (κ3) is 4.51. The second-order valence-electron chi connectivity index (χ2n) is 6.65. The Labute approximate surface area is 172 Å². The summed E-state index contributed by atoms with van der Waals surface area (Å²) in [6.45, 7) is 9.82. The number of benzene rings is 1. The molecule has 0 spiro atoms. The van der Waals surface area contributed by atoms with Crippen molar-refractivity contribution in [3.63, 3.8) is 0 Å². The summed E-state index contributed by atoms with van der Waals surface area (Å²) in [5.74, 6) is 0.394. The molecule has 0 aliphatic heterocycles. The lowest BCUT2D eigenvalue weighted by molar-refractivity contribution is -0.117. The monoisotopic (exact) mass is 414 g/mol. The highest BCUT2D eigenvalue weighted by molar-refractivity contribution is 8.00. The molecule has 3 aromatic rings. The third-order valence-electron chi connectivity index (χ3n) is 4.33. The lowest BCUT2D eigenvalue weighted by Crippen LogP contribution is -2.35. The summed E-state index contributed by atoms with van der Waals surface area (Å²) < 4.78 is 0. The van der Waals surface area contributed by atoms with E-state index in [0.29, 0.717) is 11.5 Å². The minimum atomic E-state index is -0.538. The molecule has 0 radical (unpaired) electrons. The van der Waals surface area contributed by atoms with Crippen LogP contribution >= 0.6 is 23.1 Å². The second kappa shape index (κ2) is 8.28. The molecule has 0 bridgehead atoms. The average Bonchev–Trinajstić information content (AvgIpc) is 2.89. The van der Waals surface area contributed by atoms with Crippen LogP contribution in [0.3, 0.4) is 0 Å². The number of amides is 3. The maximum atomic E-state index is 12.2. The summed E-state index contributed by atoms with van der Waals surface area (Å²) in [5, 5.41) is 6.85. The summed E-state index contributed by atoms with van der Waals surface area (Å²) in [7, 11) is 0. The van der Waals surface area contributed by atoms with E-state index in [4.69, 9.17) is 0 Å². The molecule has 0 unspecified atom stereocenters. The van der Waals surface area contributed by atoms with E-state index < -0.39 is 6.03 Å². The van der Waals surface area contributed by atoms with Gasteiger partial charge in [-0.3, -0.25) is 10.1 Å². The molecule has 0 aliphatic carbocycles. The van der Waals surface area contributed by atoms with Crippen LogP contribution < -0.4 is 10.6 Å². The fourth-order valence-corrected chi connectivity index (χ4v) is 4.89. The van der Waals surface area contributed by atoms with Gasteiger partial charge >= 0.3 is 6.03 Å². The van der Waals surface area contributed by atoms with E-state index in [2.05, 4.69) is 27.5 Å². The Kier molecular flexibility index (Phi) is 6.00. The van der Waals surface area contributed by atoms with Crippen LogP contribution in [0.2, 0.25) is 0 Å². The minimum absolute atomic E-state index is 0.0974. The van der Waals surface area contributed by atoms with Gasteiger partial charge in [-0.05, 0) is 51.8 Å². The second-order valence-corrected chi connectivity index (χ2v) is 8.82. The van der Waals surface area contributed by atoms with Crippen LogP contribution in [-0.2, 0) is 4.79 Å². The molecule has 2 N–H and O–H groups in total. The summed E-state index contributed by atoms with van der Waals surface area (Å²) in [6.07, 6.45) is 0. The van der Waals surface area contributed by atoms with E-state index in [1.807, 2.05) is 45.9 Å². The predicted octanol–water partition coefficient (Wildman–Crippen LogP) is 4.67. The van der Waals surface area contributed by atoms with Crippen LogP contribution in [0, 0.1) is 34.6 Å². The largest absolute Gasteiger partial charge is 0.325 e. The number of aromatic nitrogens is 2. The molecule has 6 nitrogen and oxygen atoms in total. The number of urea groups is 1. The molecule has 28 heavy (non-hydrogen) atoms. The Morgan fingerprint density at radius 1 is 1.11 bits per heavy atom. The van der Waals surface area contributed by atoms with E-state index in [9.17, 15) is 9.59 Å². The number of hydrogen-bond acceptors (Lipinski definition) is 6. The van der Waals surface area contributed by atoms with Crippen LogP contribution in [0.15, 0.2) is 23.2 Å². The summed E-state index contributed by atoms with van der Waals surface area (Å²) in [5.41, 5.74) is 3.87. The van der Waals surface area contributed by atoms with Gasteiger partial charge < -0.3 is 5.32 Å². The SMILES string of the molecule is Cc1ccc(NC(=O)NC(=O)CSc2nc(C)nc3sc(C)c(C)c23)c(C)c1. The van der Waals surface area contributed by atoms with Crippen LogP contribution in [-0.4, -0.2) is 27.7 Å². The zero-order valence-corrected chi connectivity index (χ0v) is 18.1. The van der Waals surface area contributed by atoms with Crippen molar-refractivity contribution in [3.05, 3.63) is 45.6 Å². The van der Waals surface area contributed by atoms with E-state index >= 15 is 0 Å². The molecule has 0 saturated carbocycles. The van der Waals surface area contributed by atoms with Gasteiger partial charge in [-0.25, -0.2) is 14.8 Å². The van der Waals surface area contributed by atoms with E-state index in [1.165, 1.54) is 16.6 Å². The number of nitrogens with zero attached hydrogens (tertiary/aromatic N) is 2. The molecule has 3 rings (SSSR count). The van der Waals surface area contributed by atoms with Crippen molar-refractivity contribution in [1.82, 2.24) is 15.3 Å². The molecule has 2 heterocycles. The lowest BCUT2D eigenvalue weighted by Gasteiger charge is -2.10. The quantitative estimate of drug-likeness (QED) is 0.479. The fraction of sp³-hybridized carbons (Fsp3) is 0.300. The van der Waals surface area contributed by atoms with Crippen molar-refractivity contribution in [1.29, 1.82) is 0 Å². The maximum Gasteiger partial charge on any atom is 0.325 e. The van der Waals surface area contributed by atoms with Gasteiger partial charge in [0.15, 0.2) is 0 Å². The van der Waals surface area contributed by atoms with Crippen molar-refractivity contribution < 1.29 is 9.59 Å². The first-order valence-electron chi connectivity index (χ1n) is 8.80. The van der Waals surface area contributed by atoms with Gasteiger partial charge in [0.25, 0.3) is 0 Å². The van der Waals surface area contributed by atoms with E-state index in [1.54, 1.807) is 11.3 Å². The standard InChI is InChI=1S/C20H22N4O2S2/c1-10-6-7-15(11(2)8-10)23-20(26)24-16(25)9-27-18-17-12(3)13(4)28-19(17)22-14(5)21-18/h6-8H,9H2,1-5H3,(H2,23,24,25,26). The predicted molar refractivity (Wildman–Crippen MR) is 115 cm³/mol. The number of rotatable bonds is 4. The van der Waals surface area contributed by atoms with Crippen molar-refractivity contribution >= 4 is 50.9 Å². The lowest BCUT2D eigenvalue weighted by atomic mass is 10.1. The normalized spacial score (nSPS) is 10.9. The van der Waals surface area contributed by atoms with Gasteiger partial charge in [0.1, 0.15) is 15.7 Å².